The fourth-order valence-electron chi connectivity index (χ4n) is 2.30. The summed E-state index contributed by atoms with van der Waals surface area (Å²) in [6.07, 6.45) is 1.37. The topological polar surface area (TPSA) is 55.4 Å². The van der Waals surface area contributed by atoms with Gasteiger partial charge in [-0.3, -0.25) is 4.79 Å². The molecule has 2 aromatic carbocycles. The quantitative estimate of drug-likeness (QED) is 0.648. The molecule has 26 heavy (non-hydrogen) atoms. The van der Waals surface area contributed by atoms with Crippen LogP contribution in [0.15, 0.2) is 48.5 Å². The van der Waals surface area contributed by atoms with Crippen LogP contribution in [0.2, 0.25) is 0 Å². The number of hydrogen-bond donors (Lipinski definition) is 1. The van der Waals surface area contributed by atoms with E-state index in [2.05, 4.69) is 31.0 Å². The van der Waals surface area contributed by atoms with Crippen molar-refractivity contribution < 1.29 is 14.3 Å². The molecule has 0 aliphatic heterocycles. The molecular weight excluding hydrogens is 326 g/mol. The smallest absolute Gasteiger partial charge is 0.337 e. The van der Waals surface area contributed by atoms with Crippen molar-refractivity contribution in [3.63, 3.8) is 0 Å². The highest BCUT2D eigenvalue weighted by Crippen LogP contribution is 2.12. The van der Waals surface area contributed by atoms with Crippen LogP contribution in [0.25, 0.3) is 0 Å². The lowest BCUT2D eigenvalue weighted by atomic mass is 10.1. The molecule has 1 amide bonds. The van der Waals surface area contributed by atoms with Gasteiger partial charge in [0, 0.05) is 23.2 Å². The highest BCUT2D eigenvalue weighted by atomic mass is 16.5. The highest BCUT2D eigenvalue weighted by molar-refractivity contribution is 5.91. The maximum atomic E-state index is 11.9. The predicted molar refractivity (Wildman–Crippen MR) is 103 cm³/mol. The molecule has 0 saturated heterocycles. The van der Waals surface area contributed by atoms with Crippen molar-refractivity contribution in [2.75, 3.05) is 12.4 Å². The Balaban J connectivity index is 2.09. The van der Waals surface area contributed by atoms with Crippen molar-refractivity contribution in [1.82, 2.24) is 0 Å². The second-order valence-corrected chi connectivity index (χ2v) is 6.38. The lowest BCUT2D eigenvalue weighted by Crippen LogP contribution is -2.12. The van der Waals surface area contributed by atoms with Gasteiger partial charge in [0.25, 0.3) is 0 Å². The first-order valence-corrected chi connectivity index (χ1v) is 8.58. The average molecular weight is 349 g/mol. The zero-order chi connectivity index (χ0) is 18.9. The van der Waals surface area contributed by atoms with Crippen LogP contribution in [0, 0.1) is 17.8 Å². The summed E-state index contributed by atoms with van der Waals surface area (Å²) in [5.41, 5.74) is 2.70. The van der Waals surface area contributed by atoms with Gasteiger partial charge in [-0.2, -0.15) is 0 Å². The molecule has 0 saturated carbocycles. The fourth-order valence-corrected chi connectivity index (χ4v) is 2.30. The largest absolute Gasteiger partial charge is 0.465 e. The van der Waals surface area contributed by atoms with Crippen molar-refractivity contribution in [2.24, 2.45) is 5.92 Å². The highest BCUT2D eigenvalue weighted by Gasteiger charge is 2.05. The van der Waals surface area contributed by atoms with Crippen LogP contribution in [0.1, 0.15) is 48.2 Å². The van der Waals surface area contributed by atoms with Gasteiger partial charge < -0.3 is 10.1 Å². The number of carbonyl (C=O) groups excluding carboxylic acids is 2. The van der Waals surface area contributed by atoms with Crippen LogP contribution in [0.5, 0.6) is 0 Å². The summed E-state index contributed by atoms with van der Waals surface area (Å²) in [4.78, 5) is 23.5. The molecule has 0 aromatic heterocycles. The zero-order valence-electron chi connectivity index (χ0n) is 15.3. The Morgan fingerprint density at radius 2 is 1.69 bits per heavy atom. The van der Waals surface area contributed by atoms with Gasteiger partial charge >= 0.3 is 5.97 Å². The first kappa shape index (κ1) is 19.3. The van der Waals surface area contributed by atoms with Gasteiger partial charge in [0.15, 0.2) is 0 Å². The minimum Gasteiger partial charge on any atom is -0.465 e. The van der Waals surface area contributed by atoms with Gasteiger partial charge in [0.1, 0.15) is 0 Å². The summed E-state index contributed by atoms with van der Waals surface area (Å²) >= 11 is 0. The average Bonchev–Trinajstić information content (AvgIpc) is 2.64. The Bertz CT molecular complexity index is 844. The van der Waals surface area contributed by atoms with Crippen LogP contribution in [0.4, 0.5) is 5.69 Å². The van der Waals surface area contributed by atoms with E-state index in [-0.39, 0.29) is 11.9 Å². The second-order valence-electron chi connectivity index (χ2n) is 6.38. The van der Waals surface area contributed by atoms with Gasteiger partial charge in [0.2, 0.25) is 5.91 Å². The Kier molecular flexibility index (Phi) is 6.99. The summed E-state index contributed by atoms with van der Waals surface area (Å²) < 4.78 is 4.71. The number of esters is 1. The molecule has 0 heterocycles. The van der Waals surface area contributed by atoms with Crippen molar-refractivity contribution in [3.8, 4) is 11.8 Å². The van der Waals surface area contributed by atoms with Gasteiger partial charge in [-0.15, -0.1) is 0 Å². The van der Waals surface area contributed by atoms with E-state index in [1.807, 2.05) is 30.3 Å². The third-order valence-corrected chi connectivity index (χ3v) is 3.73. The van der Waals surface area contributed by atoms with Crippen LogP contribution in [0.3, 0.4) is 0 Å². The number of carbonyl (C=O) groups is 2. The molecule has 0 spiro atoms. The third-order valence-electron chi connectivity index (χ3n) is 3.73. The summed E-state index contributed by atoms with van der Waals surface area (Å²) in [7, 11) is 1.35. The molecule has 0 aliphatic carbocycles. The minimum absolute atomic E-state index is 0.00888. The number of methoxy groups -OCH3 is 1. The summed E-state index contributed by atoms with van der Waals surface area (Å²) in [6.45, 7) is 4.19. The van der Waals surface area contributed by atoms with E-state index in [0.29, 0.717) is 17.9 Å². The molecule has 134 valence electrons. The minimum atomic E-state index is -0.389. The Morgan fingerprint density at radius 1 is 1.04 bits per heavy atom. The number of amides is 1. The Morgan fingerprint density at radius 3 is 2.35 bits per heavy atom. The van der Waals surface area contributed by atoms with E-state index in [0.717, 1.165) is 23.2 Å². The molecule has 2 rings (SSSR count). The lowest BCUT2D eigenvalue weighted by molar-refractivity contribution is -0.116. The van der Waals surface area contributed by atoms with E-state index in [4.69, 9.17) is 4.74 Å². The van der Waals surface area contributed by atoms with Crippen LogP contribution < -0.4 is 5.32 Å². The van der Waals surface area contributed by atoms with E-state index < -0.39 is 0 Å². The lowest BCUT2D eigenvalue weighted by Gasteiger charge is -2.07. The van der Waals surface area contributed by atoms with Crippen molar-refractivity contribution in [2.45, 2.75) is 26.7 Å². The molecule has 0 radical (unpaired) electrons. The molecule has 0 aliphatic rings. The van der Waals surface area contributed by atoms with E-state index >= 15 is 0 Å². The zero-order valence-corrected chi connectivity index (χ0v) is 15.3. The fraction of sp³-hybridized carbons (Fsp3) is 0.273. The predicted octanol–water partition coefficient (Wildman–Crippen LogP) is 4.25. The van der Waals surface area contributed by atoms with Crippen molar-refractivity contribution in [3.05, 3.63) is 65.2 Å². The van der Waals surface area contributed by atoms with Gasteiger partial charge in [0.05, 0.1) is 12.7 Å². The number of ether oxygens (including phenoxy) is 1. The summed E-state index contributed by atoms with van der Waals surface area (Å²) in [5, 5.41) is 2.90. The molecule has 0 unspecified atom stereocenters. The van der Waals surface area contributed by atoms with Gasteiger partial charge in [-0.05, 0) is 48.7 Å². The molecule has 0 fully saturated rings. The van der Waals surface area contributed by atoms with E-state index in [9.17, 15) is 9.59 Å². The second kappa shape index (κ2) is 9.43. The molecule has 0 bridgehead atoms. The van der Waals surface area contributed by atoms with Crippen LogP contribution >= 0.6 is 0 Å². The maximum Gasteiger partial charge on any atom is 0.337 e. The van der Waals surface area contributed by atoms with Crippen LogP contribution in [-0.4, -0.2) is 19.0 Å². The Hall–Kier alpha value is -3.06. The Labute approximate surface area is 154 Å². The molecule has 4 nitrogen and oxygen atoms in total. The summed E-state index contributed by atoms with van der Waals surface area (Å²) in [6, 6.07) is 14.4. The van der Waals surface area contributed by atoms with Gasteiger partial charge in [-0.25, -0.2) is 4.79 Å². The number of rotatable bonds is 5. The van der Waals surface area contributed by atoms with E-state index in [1.54, 1.807) is 18.2 Å². The molecule has 1 N–H and O–H groups in total. The molecule has 2 aromatic rings. The summed E-state index contributed by atoms with van der Waals surface area (Å²) in [5.74, 6) is 6.20. The van der Waals surface area contributed by atoms with E-state index in [1.165, 1.54) is 7.11 Å². The number of hydrogen-bond acceptors (Lipinski definition) is 3. The normalized spacial score (nSPS) is 10.0. The third kappa shape index (κ3) is 6.10. The number of anilines is 1. The van der Waals surface area contributed by atoms with Crippen LogP contribution in [-0.2, 0) is 9.53 Å². The number of benzene rings is 2. The molecule has 0 atom stereocenters. The SMILES string of the molecule is COC(=O)c1cccc(C#Cc2cccc(NC(=O)CCC(C)C)c2)c1. The van der Waals surface area contributed by atoms with Gasteiger partial charge in [-0.1, -0.05) is 37.8 Å². The number of nitrogens with one attached hydrogen (secondary N) is 1. The maximum absolute atomic E-state index is 11.9. The monoisotopic (exact) mass is 349 g/mol. The first-order chi connectivity index (χ1) is 12.5. The first-order valence-electron chi connectivity index (χ1n) is 8.58. The molecular formula is C22H23NO3. The van der Waals surface area contributed by atoms with Crippen molar-refractivity contribution in [1.29, 1.82) is 0 Å². The standard InChI is InChI=1S/C22H23NO3/c1-16(2)10-13-21(24)23-20-9-5-7-18(15-20)12-11-17-6-4-8-19(14-17)22(25)26-3/h4-9,14-16H,10,13H2,1-3H3,(H,23,24). The molecule has 4 heteroatoms. The van der Waals surface area contributed by atoms with Crippen molar-refractivity contribution >= 4 is 17.6 Å².